The third-order valence-electron chi connectivity index (χ3n) is 4.06. The predicted molar refractivity (Wildman–Crippen MR) is 107 cm³/mol. The zero-order valence-corrected chi connectivity index (χ0v) is 15.7. The Hall–Kier alpha value is -3.54. The maximum absolute atomic E-state index is 11.9. The largest absolute Gasteiger partial charge is 0.492 e. The van der Waals surface area contributed by atoms with Crippen LogP contribution in [0.5, 0.6) is 11.5 Å². The Kier molecular flexibility index (Phi) is 6.11. The summed E-state index contributed by atoms with van der Waals surface area (Å²) < 4.78 is 15.6. The van der Waals surface area contributed by atoms with Crippen molar-refractivity contribution >= 4 is 28.4 Å². The lowest BCUT2D eigenvalue weighted by molar-refractivity contribution is -0.131. The summed E-state index contributed by atoms with van der Waals surface area (Å²) >= 11 is 0. The van der Waals surface area contributed by atoms with Crippen molar-refractivity contribution in [3.05, 3.63) is 66.2 Å². The van der Waals surface area contributed by atoms with Crippen LogP contribution in [0, 0.1) is 0 Å². The van der Waals surface area contributed by atoms with E-state index < -0.39 is 11.9 Å². The number of ether oxygens (including phenoxy) is 3. The molecule has 0 aliphatic heterocycles. The topological polar surface area (TPSA) is 73.9 Å². The Morgan fingerprint density at radius 3 is 2.50 bits per heavy atom. The van der Waals surface area contributed by atoms with Crippen LogP contribution in [0.3, 0.4) is 0 Å². The molecule has 0 heterocycles. The minimum atomic E-state index is -0.577. The van der Waals surface area contributed by atoms with Crippen LogP contribution in [-0.2, 0) is 9.53 Å². The number of rotatable bonds is 7. The summed E-state index contributed by atoms with van der Waals surface area (Å²) in [7, 11) is 1.28. The molecule has 0 saturated carbocycles. The van der Waals surface area contributed by atoms with Gasteiger partial charge in [0.1, 0.15) is 23.7 Å². The van der Waals surface area contributed by atoms with Crippen LogP contribution in [0.15, 0.2) is 60.7 Å². The summed E-state index contributed by atoms with van der Waals surface area (Å²) in [5.74, 6) is -0.125. The first-order valence-electron chi connectivity index (χ1n) is 8.83. The lowest BCUT2D eigenvalue weighted by atomic mass is 10.1. The van der Waals surface area contributed by atoms with Gasteiger partial charge in [-0.3, -0.25) is 4.79 Å². The van der Waals surface area contributed by atoms with E-state index in [0.29, 0.717) is 18.8 Å². The molecule has 0 fully saturated rings. The van der Waals surface area contributed by atoms with Crippen LogP contribution in [-0.4, -0.2) is 32.2 Å². The fourth-order valence-corrected chi connectivity index (χ4v) is 2.77. The minimum Gasteiger partial charge on any atom is -0.492 e. The number of carbonyl (C=O) groups excluding carboxylic acids is 2. The molecule has 28 heavy (non-hydrogen) atoms. The fraction of sp³-hybridized carbons (Fsp3) is 0.182. The van der Waals surface area contributed by atoms with Gasteiger partial charge in [0.05, 0.1) is 7.11 Å². The van der Waals surface area contributed by atoms with E-state index in [2.05, 4.69) is 11.4 Å². The van der Waals surface area contributed by atoms with Crippen molar-refractivity contribution in [3.63, 3.8) is 0 Å². The van der Waals surface area contributed by atoms with Crippen molar-refractivity contribution < 1.29 is 23.8 Å². The Labute approximate surface area is 163 Å². The van der Waals surface area contributed by atoms with Crippen LogP contribution in [0.25, 0.3) is 10.8 Å². The second kappa shape index (κ2) is 8.90. The van der Waals surface area contributed by atoms with Crippen molar-refractivity contribution in [1.82, 2.24) is 0 Å². The zero-order chi connectivity index (χ0) is 19.9. The van der Waals surface area contributed by atoms with E-state index in [4.69, 9.17) is 14.2 Å². The number of methoxy groups -OCH3 is 1. The molecular formula is C22H21NO5. The molecule has 0 aliphatic rings. The van der Waals surface area contributed by atoms with Crippen molar-refractivity contribution in [2.45, 2.75) is 6.92 Å². The number of hydrogen-bond donors (Lipinski definition) is 1. The number of hydrogen-bond acceptors (Lipinski definition) is 6. The average Bonchev–Trinajstić information content (AvgIpc) is 2.71. The molecule has 0 aromatic heterocycles. The molecule has 0 bridgehead atoms. The first kappa shape index (κ1) is 19.2. The zero-order valence-electron chi connectivity index (χ0n) is 15.7. The van der Waals surface area contributed by atoms with Gasteiger partial charge < -0.3 is 19.5 Å². The van der Waals surface area contributed by atoms with Gasteiger partial charge in [-0.25, -0.2) is 4.79 Å². The molecule has 144 valence electrons. The van der Waals surface area contributed by atoms with Crippen molar-refractivity contribution in [1.29, 1.82) is 0 Å². The van der Waals surface area contributed by atoms with Gasteiger partial charge in [0.15, 0.2) is 0 Å². The van der Waals surface area contributed by atoms with E-state index in [1.54, 1.807) is 18.2 Å². The van der Waals surface area contributed by atoms with Gasteiger partial charge in [-0.05, 0) is 41.1 Å². The Balaban J connectivity index is 1.60. The summed E-state index contributed by atoms with van der Waals surface area (Å²) in [5.41, 5.74) is 0.872. The standard InChI is InChI=1S/C22H21NO5/c1-15(24)28-21-10-8-18(14-20(21)22(25)26-2)23-11-12-27-19-9-7-16-5-3-4-6-17(16)13-19/h3-10,13-14,23H,11-12H2,1-2H3. The molecule has 0 radical (unpaired) electrons. The summed E-state index contributed by atoms with van der Waals surface area (Å²) in [6.07, 6.45) is 0. The SMILES string of the molecule is COC(=O)c1cc(NCCOc2ccc3ccccc3c2)ccc1OC(C)=O. The summed E-state index contributed by atoms with van der Waals surface area (Å²) in [6.45, 7) is 2.25. The molecule has 0 atom stereocenters. The highest BCUT2D eigenvalue weighted by molar-refractivity contribution is 5.94. The Morgan fingerprint density at radius 2 is 1.75 bits per heavy atom. The lowest BCUT2D eigenvalue weighted by Crippen LogP contribution is -2.13. The lowest BCUT2D eigenvalue weighted by Gasteiger charge is -2.12. The van der Waals surface area contributed by atoms with E-state index in [1.165, 1.54) is 14.0 Å². The van der Waals surface area contributed by atoms with Gasteiger partial charge >= 0.3 is 11.9 Å². The molecule has 0 saturated heterocycles. The van der Waals surface area contributed by atoms with Crippen LogP contribution in [0.1, 0.15) is 17.3 Å². The quantitative estimate of drug-likeness (QED) is 0.379. The predicted octanol–water partition coefficient (Wildman–Crippen LogP) is 4.04. The van der Waals surface area contributed by atoms with E-state index in [0.717, 1.165) is 16.5 Å². The van der Waals surface area contributed by atoms with E-state index in [-0.39, 0.29) is 11.3 Å². The third kappa shape index (κ3) is 4.79. The van der Waals surface area contributed by atoms with Gasteiger partial charge in [0.25, 0.3) is 0 Å². The molecule has 3 aromatic rings. The number of esters is 2. The monoisotopic (exact) mass is 379 g/mol. The van der Waals surface area contributed by atoms with Crippen molar-refractivity contribution in [3.8, 4) is 11.5 Å². The molecular weight excluding hydrogens is 358 g/mol. The van der Waals surface area contributed by atoms with Crippen LogP contribution in [0.4, 0.5) is 5.69 Å². The molecule has 0 aliphatic carbocycles. The van der Waals surface area contributed by atoms with Gasteiger partial charge in [-0.2, -0.15) is 0 Å². The molecule has 0 spiro atoms. The number of fused-ring (bicyclic) bond motifs is 1. The number of benzene rings is 3. The van der Waals surface area contributed by atoms with Gasteiger partial charge in [-0.1, -0.05) is 30.3 Å². The second-order valence-corrected chi connectivity index (χ2v) is 6.08. The maximum Gasteiger partial charge on any atom is 0.341 e. The minimum absolute atomic E-state index is 0.164. The highest BCUT2D eigenvalue weighted by Crippen LogP contribution is 2.24. The Bertz CT molecular complexity index is 999. The first-order chi connectivity index (χ1) is 13.6. The summed E-state index contributed by atoms with van der Waals surface area (Å²) in [4.78, 5) is 23.1. The van der Waals surface area contributed by atoms with Gasteiger partial charge in [0.2, 0.25) is 0 Å². The fourth-order valence-electron chi connectivity index (χ4n) is 2.77. The van der Waals surface area contributed by atoms with E-state index >= 15 is 0 Å². The van der Waals surface area contributed by atoms with Crippen LogP contribution >= 0.6 is 0 Å². The maximum atomic E-state index is 11.9. The van der Waals surface area contributed by atoms with Crippen molar-refractivity contribution in [2.24, 2.45) is 0 Å². The smallest absolute Gasteiger partial charge is 0.341 e. The third-order valence-corrected chi connectivity index (χ3v) is 4.06. The highest BCUT2D eigenvalue weighted by Gasteiger charge is 2.15. The van der Waals surface area contributed by atoms with Crippen molar-refractivity contribution in [2.75, 3.05) is 25.6 Å². The van der Waals surface area contributed by atoms with Crippen LogP contribution < -0.4 is 14.8 Å². The summed E-state index contributed by atoms with van der Waals surface area (Å²) in [5, 5.41) is 5.46. The normalized spacial score (nSPS) is 10.4. The molecule has 3 rings (SSSR count). The highest BCUT2D eigenvalue weighted by atomic mass is 16.5. The number of nitrogens with one attached hydrogen (secondary N) is 1. The first-order valence-corrected chi connectivity index (χ1v) is 8.83. The van der Waals surface area contributed by atoms with E-state index in [1.807, 2.05) is 36.4 Å². The van der Waals surface area contributed by atoms with E-state index in [9.17, 15) is 9.59 Å². The second-order valence-electron chi connectivity index (χ2n) is 6.08. The molecule has 6 heteroatoms. The Morgan fingerprint density at radius 1 is 0.964 bits per heavy atom. The molecule has 0 unspecified atom stereocenters. The number of carbonyl (C=O) groups is 2. The van der Waals surface area contributed by atoms with Gasteiger partial charge in [-0.15, -0.1) is 0 Å². The van der Waals surface area contributed by atoms with Gasteiger partial charge in [0, 0.05) is 19.2 Å². The molecule has 1 N–H and O–H groups in total. The van der Waals surface area contributed by atoms with Crippen LogP contribution in [0.2, 0.25) is 0 Å². The summed E-state index contributed by atoms with van der Waals surface area (Å²) in [6, 6.07) is 18.9. The molecule has 3 aromatic carbocycles. The molecule has 6 nitrogen and oxygen atoms in total. The molecule has 0 amide bonds. The number of anilines is 1. The average molecular weight is 379 g/mol.